The molecule has 9 nitrogen and oxygen atoms in total. The summed E-state index contributed by atoms with van der Waals surface area (Å²) in [5.74, 6) is -1.38. The normalized spacial score (nSPS) is 10.8. The summed E-state index contributed by atoms with van der Waals surface area (Å²) >= 11 is 0. The highest BCUT2D eigenvalue weighted by molar-refractivity contribution is 5.99. The van der Waals surface area contributed by atoms with Crippen molar-refractivity contribution in [3.8, 4) is 28.4 Å². The summed E-state index contributed by atoms with van der Waals surface area (Å²) in [5.41, 5.74) is -1.16. The highest BCUT2D eigenvalue weighted by Gasteiger charge is 2.21. The molecule has 2 aromatic carbocycles. The average molecular weight is 436 g/mol. The van der Waals surface area contributed by atoms with E-state index in [-0.39, 0.29) is 39.2 Å². The van der Waals surface area contributed by atoms with Crippen molar-refractivity contribution < 1.29 is 32.6 Å². The summed E-state index contributed by atoms with van der Waals surface area (Å²) in [6.45, 7) is 2.31. The van der Waals surface area contributed by atoms with E-state index in [9.17, 15) is 19.2 Å². The molecule has 162 valence electrons. The molecule has 2 aromatic heterocycles. The molecule has 0 saturated heterocycles. The lowest BCUT2D eigenvalue weighted by Crippen LogP contribution is -2.10. The number of fused-ring (bicyclic) bond motifs is 2. The van der Waals surface area contributed by atoms with Gasteiger partial charge >= 0.3 is 23.2 Å². The Morgan fingerprint density at radius 3 is 2.25 bits per heavy atom. The summed E-state index contributed by atoms with van der Waals surface area (Å²) in [6.07, 6.45) is 0. The van der Waals surface area contributed by atoms with Crippen LogP contribution in [0.15, 0.2) is 60.9 Å². The molecule has 0 spiro atoms. The van der Waals surface area contributed by atoms with Crippen LogP contribution in [0.25, 0.3) is 33.1 Å². The maximum Gasteiger partial charge on any atom is 0.344 e. The van der Waals surface area contributed by atoms with E-state index in [1.54, 1.807) is 24.3 Å². The van der Waals surface area contributed by atoms with Crippen LogP contribution in [0.1, 0.15) is 13.8 Å². The van der Waals surface area contributed by atoms with Crippen molar-refractivity contribution >= 4 is 33.9 Å². The van der Waals surface area contributed by atoms with Gasteiger partial charge < -0.3 is 23.0 Å². The van der Waals surface area contributed by atoms with Crippen LogP contribution < -0.4 is 25.5 Å². The molecule has 9 heteroatoms. The Morgan fingerprint density at radius 1 is 0.812 bits per heavy atom. The Hall–Kier alpha value is -4.40. The first-order chi connectivity index (χ1) is 15.3. The van der Waals surface area contributed by atoms with E-state index in [2.05, 4.69) is 0 Å². The second-order valence-corrected chi connectivity index (χ2v) is 6.76. The number of esters is 2. The zero-order valence-electron chi connectivity index (χ0n) is 17.2. The lowest BCUT2D eigenvalue weighted by molar-refractivity contribution is -0.134. The minimum atomic E-state index is -0.814. The van der Waals surface area contributed by atoms with Gasteiger partial charge in [0.2, 0.25) is 5.75 Å². The average Bonchev–Trinajstić information content (AvgIpc) is 2.73. The summed E-state index contributed by atoms with van der Waals surface area (Å²) in [4.78, 5) is 48.3. The van der Waals surface area contributed by atoms with E-state index in [4.69, 9.17) is 23.0 Å². The first kappa shape index (κ1) is 20.9. The first-order valence-electron chi connectivity index (χ1n) is 9.37. The number of benzene rings is 2. The zero-order chi connectivity index (χ0) is 23.0. The molecule has 0 aliphatic carbocycles. The van der Waals surface area contributed by atoms with Crippen LogP contribution in [0.3, 0.4) is 0 Å². The molecule has 0 aliphatic heterocycles. The molecule has 4 rings (SSSR count). The van der Waals surface area contributed by atoms with Crippen LogP contribution in [0, 0.1) is 0 Å². The molecular weight excluding hydrogens is 420 g/mol. The number of hydrogen-bond donors (Lipinski definition) is 0. The summed E-state index contributed by atoms with van der Waals surface area (Å²) < 4.78 is 26.2. The van der Waals surface area contributed by atoms with Gasteiger partial charge in [0.05, 0.1) is 12.7 Å². The van der Waals surface area contributed by atoms with Gasteiger partial charge in [0.15, 0.2) is 22.7 Å². The lowest BCUT2D eigenvalue weighted by Gasteiger charge is -2.12. The zero-order valence-corrected chi connectivity index (χ0v) is 17.2. The highest BCUT2D eigenvalue weighted by Crippen LogP contribution is 2.39. The molecule has 32 heavy (non-hydrogen) atoms. The van der Waals surface area contributed by atoms with Crippen molar-refractivity contribution in [2.24, 2.45) is 0 Å². The molecule has 0 atom stereocenters. The quantitative estimate of drug-likeness (QED) is 0.269. The molecule has 0 radical (unpaired) electrons. The van der Waals surface area contributed by atoms with E-state index in [0.717, 1.165) is 13.0 Å². The van der Waals surface area contributed by atoms with E-state index in [1.165, 1.54) is 26.2 Å². The summed E-state index contributed by atoms with van der Waals surface area (Å²) in [5, 5.41) is 0.836. The second kappa shape index (κ2) is 8.03. The predicted molar refractivity (Wildman–Crippen MR) is 113 cm³/mol. The molecule has 0 fully saturated rings. The number of carbonyl (C=O) groups is 2. The van der Waals surface area contributed by atoms with Crippen LogP contribution in [0.2, 0.25) is 0 Å². The Kier molecular flexibility index (Phi) is 5.23. The van der Waals surface area contributed by atoms with Crippen molar-refractivity contribution in [1.82, 2.24) is 0 Å². The van der Waals surface area contributed by atoms with Crippen molar-refractivity contribution in [3.05, 3.63) is 63.3 Å². The van der Waals surface area contributed by atoms with Crippen LogP contribution in [-0.4, -0.2) is 19.0 Å². The van der Waals surface area contributed by atoms with Crippen LogP contribution >= 0.6 is 0 Å². The number of para-hydroxylation sites is 1. The third kappa shape index (κ3) is 3.71. The highest BCUT2D eigenvalue weighted by atomic mass is 16.6. The summed E-state index contributed by atoms with van der Waals surface area (Å²) in [6, 6.07) is 10.6. The molecule has 4 aromatic rings. The second-order valence-electron chi connectivity index (χ2n) is 6.76. The van der Waals surface area contributed by atoms with Gasteiger partial charge in [-0.1, -0.05) is 12.1 Å². The van der Waals surface area contributed by atoms with E-state index in [0.29, 0.717) is 11.1 Å². The van der Waals surface area contributed by atoms with Crippen molar-refractivity contribution in [2.45, 2.75) is 13.8 Å². The van der Waals surface area contributed by atoms with Crippen LogP contribution in [0.4, 0.5) is 0 Å². The number of methoxy groups -OCH3 is 1. The lowest BCUT2D eigenvalue weighted by atomic mass is 10.0. The maximum absolute atomic E-state index is 12.8. The topological polar surface area (TPSA) is 122 Å². The summed E-state index contributed by atoms with van der Waals surface area (Å²) in [7, 11) is 1.45. The van der Waals surface area contributed by atoms with Gasteiger partial charge in [-0.2, -0.15) is 0 Å². The van der Waals surface area contributed by atoms with Crippen molar-refractivity contribution in [3.63, 3.8) is 0 Å². The molecular formula is C23H16O9. The maximum atomic E-state index is 12.8. The Balaban J connectivity index is 2.05. The SMILES string of the molecule is COc1cccc2cc(-c3cc(=O)oc4c(OC(C)=O)c(OC(C)=O)ccc34)c(=O)oc12. The number of carbonyl (C=O) groups excluding carboxylic acids is 2. The Labute approximate surface area is 179 Å². The van der Waals surface area contributed by atoms with Crippen LogP contribution in [0.5, 0.6) is 17.2 Å². The van der Waals surface area contributed by atoms with Crippen molar-refractivity contribution in [1.29, 1.82) is 0 Å². The van der Waals surface area contributed by atoms with Gasteiger partial charge in [-0.15, -0.1) is 0 Å². The van der Waals surface area contributed by atoms with E-state index >= 15 is 0 Å². The van der Waals surface area contributed by atoms with Gasteiger partial charge in [-0.05, 0) is 24.3 Å². The third-order valence-corrected chi connectivity index (χ3v) is 4.56. The van der Waals surface area contributed by atoms with Gasteiger partial charge in [0, 0.05) is 36.2 Å². The smallest absolute Gasteiger partial charge is 0.344 e. The van der Waals surface area contributed by atoms with Crippen molar-refractivity contribution in [2.75, 3.05) is 7.11 Å². The molecule has 0 bridgehead atoms. The van der Waals surface area contributed by atoms with Gasteiger partial charge in [0.1, 0.15) is 0 Å². The monoisotopic (exact) mass is 436 g/mol. The van der Waals surface area contributed by atoms with Gasteiger partial charge in [-0.3, -0.25) is 9.59 Å². The Morgan fingerprint density at radius 2 is 1.56 bits per heavy atom. The molecule has 2 heterocycles. The first-order valence-corrected chi connectivity index (χ1v) is 9.37. The van der Waals surface area contributed by atoms with Crippen LogP contribution in [-0.2, 0) is 9.59 Å². The van der Waals surface area contributed by atoms with Gasteiger partial charge in [0.25, 0.3) is 0 Å². The Bertz CT molecular complexity index is 1510. The minimum absolute atomic E-state index is 0.0812. The predicted octanol–water partition coefficient (Wildman–Crippen LogP) is 3.43. The number of rotatable bonds is 4. The molecule has 0 N–H and O–H groups in total. The largest absolute Gasteiger partial charge is 0.493 e. The molecule has 0 saturated carbocycles. The third-order valence-electron chi connectivity index (χ3n) is 4.56. The van der Waals surface area contributed by atoms with Gasteiger partial charge in [-0.25, -0.2) is 9.59 Å². The number of ether oxygens (including phenoxy) is 3. The minimum Gasteiger partial charge on any atom is -0.493 e. The van der Waals surface area contributed by atoms with E-state index < -0.39 is 23.2 Å². The molecule has 0 unspecified atom stereocenters. The molecule has 0 aliphatic rings. The fourth-order valence-corrected chi connectivity index (χ4v) is 3.35. The van der Waals surface area contributed by atoms with E-state index in [1.807, 2.05) is 0 Å². The fourth-order valence-electron chi connectivity index (χ4n) is 3.35. The molecule has 0 amide bonds. The fraction of sp³-hybridized carbons (Fsp3) is 0.130. The number of hydrogen-bond acceptors (Lipinski definition) is 9. The standard InChI is InChI=1S/C23H16O9/c1-11(24)29-18-8-7-14-15(10-19(26)31-21(14)22(18)30-12(2)25)16-9-13-5-4-6-17(28-3)20(13)32-23(16)27/h4-10H,1-3H3.